The van der Waals surface area contributed by atoms with Crippen LogP contribution in [0.4, 0.5) is 0 Å². The number of carbonyl (C=O) groups excluding carboxylic acids is 1. The molecule has 6 rings (SSSR count). The van der Waals surface area contributed by atoms with Crippen LogP contribution in [0, 0.1) is 17.3 Å². The fraction of sp³-hybridized carbons (Fsp3) is 0.708. The van der Waals surface area contributed by atoms with Gasteiger partial charge in [0.2, 0.25) is 5.91 Å². The molecule has 5 aliphatic rings. The Morgan fingerprint density at radius 1 is 1.20 bits per heavy atom. The van der Waals surface area contributed by atoms with Gasteiger partial charge in [0.1, 0.15) is 12.4 Å². The summed E-state index contributed by atoms with van der Waals surface area (Å²) in [5.41, 5.74) is 0.949. The standard InChI is InChI=1S/C24H33BrN2O3/c25-24-14-19-10-20(15-24)13-23(12-19,17-24)22(28)26-16-18-2-1-3-21(11-18)30-9-6-27-4-7-29-8-5-27/h1-3,11,19-20H,4-10,12-17H2,(H,26,28). The van der Waals surface area contributed by atoms with Crippen molar-refractivity contribution in [1.29, 1.82) is 0 Å². The number of hydrogen-bond donors (Lipinski definition) is 1. The minimum atomic E-state index is -0.153. The van der Waals surface area contributed by atoms with Gasteiger partial charge in [-0.1, -0.05) is 28.1 Å². The van der Waals surface area contributed by atoms with Gasteiger partial charge in [0.15, 0.2) is 0 Å². The smallest absolute Gasteiger partial charge is 0.226 e. The second-order valence-corrected chi connectivity index (χ2v) is 11.7. The highest BCUT2D eigenvalue weighted by Crippen LogP contribution is 2.64. The monoisotopic (exact) mass is 476 g/mol. The van der Waals surface area contributed by atoms with Crippen LogP contribution in [0.5, 0.6) is 5.75 Å². The van der Waals surface area contributed by atoms with Crippen LogP contribution in [-0.4, -0.2) is 54.6 Å². The van der Waals surface area contributed by atoms with E-state index in [1.165, 1.54) is 19.3 Å². The second-order valence-electron chi connectivity index (χ2n) is 10.0. The Balaban J connectivity index is 1.14. The Morgan fingerprint density at radius 3 is 2.70 bits per heavy atom. The largest absolute Gasteiger partial charge is 0.492 e. The van der Waals surface area contributed by atoms with Crippen molar-refractivity contribution in [3.05, 3.63) is 29.8 Å². The van der Waals surface area contributed by atoms with Crippen molar-refractivity contribution in [3.8, 4) is 5.75 Å². The lowest BCUT2D eigenvalue weighted by Crippen LogP contribution is -2.58. The summed E-state index contributed by atoms with van der Waals surface area (Å²) in [6, 6.07) is 8.15. The van der Waals surface area contributed by atoms with Crippen LogP contribution in [0.3, 0.4) is 0 Å². The van der Waals surface area contributed by atoms with Crippen LogP contribution in [-0.2, 0) is 16.1 Å². The van der Waals surface area contributed by atoms with Crippen LogP contribution >= 0.6 is 15.9 Å². The van der Waals surface area contributed by atoms with Crippen molar-refractivity contribution in [2.24, 2.45) is 17.3 Å². The van der Waals surface area contributed by atoms with Gasteiger partial charge in [-0.3, -0.25) is 9.69 Å². The maximum Gasteiger partial charge on any atom is 0.226 e. The first kappa shape index (κ1) is 20.8. The summed E-state index contributed by atoms with van der Waals surface area (Å²) in [6.07, 6.45) is 6.99. The van der Waals surface area contributed by atoms with E-state index >= 15 is 0 Å². The molecule has 1 aromatic carbocycles. The molecular weight excluding hydrogens is 444 g/mol. The highest BCUT2D eigenvalue weighted by molar-refractivity contribution is 9.10. The summed E-state index contributed by atoms with van der Waals surface area (Å²) < 4.78 is 11.6. The number of morpholine rings is 1. The third-order valence-corrected chi connectivity index (χ3v) is 8.53. The number of rotatable bonds is 7. The zero-order valence-corrected chi connectivity index (χ0v) is 19.3. The number of nitrogens with zero attached hydrogens (tertiary/aromatic N) is 1. The van der Waals surface area contributed by atoms with E-state index in [0.717, 1.165) is 75.3 Å². The average Bonchev–Trinajstić information content (AvgIpc) is 2.71. The van der Waals surface area contributed by atoms with Gasteiger partial charge >= 0.3 is 0 Å². The van der Waals surface area contributed by atoms with E-state index in [0.29, 0.717) is 13.2 Å². The fourth-order valence-electron chi connectivity index (χ4n) is 6.65. The van der Waals surface area contributed by atoms with Gasteiger partial charge in [0.25, 0.3) is 0 Å². The van der Waals surface area contributed by atoms with E-state index in [9.17, 15) is 4.79 Å². The summed E-state index contributed by atoms with van der Waals surface area (Å²) in [7, 11) is 0. The van der Waals surface area contributed by atoms with Crippen molar-refractivity contribution in [1.82, 2.24) is 10.2 Å². The lowest BCUT2D eigenvalue weighted by molar-refractivity contribution is -0.144. The zero-order valence-electron chi connectivity index (χ0n) is 17.7. The van der Waals surface area contributed by atoms with E-state index in [4.69, 9.17) is 9.47 Å². The molecule has 4 aliphatic carbocycles. The topological polar surface area (TPSA) is 50.8 Å². The molecule has 1 aromatic rings. The quantitative estimate of drug-likeness (QED) is 0.608. The molecule has 1 amide bonds. The molecule has 1 N–H and O–H groups in total. The lowest BCUT2D eigenvalue weighted by atomic mass is 9.49. The number of carbonyl (C=O) groups is 1. The number of hydrogen-bond acceptors (Lipinski definition) is 4. The second kappa shape index (κ2) is 8.44. The van der Waals surface area contributed by atoms with Crippen molar-refractivity contribution >= 4 is 21.8 Å². The Hall–Kier alpha value is -1.11. The fourth-order valence-corrected chi connectivity index (χ4v) is 8.10. The van der Waals surface area contributed by atoms with Gasteiger partial charge in [-0.2, -0.15) is 0 Å². The molecule has 5 fully saturated rings. The number of ether oxygens (including phenoxy) is 2. The minimum absolute atomic E-state index is 0.153. The van der Waals surface area contributed by atoms with Gasteiger partial charge in [-0.15, -0.1) is 0 Å². The van der Waals surface area contributed by atoms with Crippen molar-refractivity contribution in [2.75, 3.05) is 39.5 Å². The highest BCUT2D eigenvalue weighted by atomic mass is 79.9. The first-order valence-corrected chi connectivity index (χ1v) is 12.3. The number of nitrogens with one attached hydrogen (secondary N) is 1. The van der Waals surface area contributed by atoms with Gasteiger partial charge in [0.05, 0.1) is 18.6 Å². The predicted molar refractivity (Wildman–Crippen MR) is 120 cm³/mol. The molecule has 6 heteroatoms. The van der Waals surface area contributed by atoms with Crippen molar-refractivity contribution in [3.63, 3.8) is 0 Å². The van der Waals surface area contributed by atoms with Gasteiger partial charge in [0, 0.05) is 30.5 Å². The SMILES string of the molecule is O=C(NCc1cccc(OCCN2CCOCC2)c1)C12CC3CC(CC(Br)(C3)C1)C2. The predicted octanol–water partition coefficient (Wildman–Crippen LogP) is 3.75. The van der Waals surface area contributed by atoms with Crippen LogP contribution in [0.15, 0.2) is 24.3 Å². The normalized spacial score (nSPS) is 35.4. The maximum absolute atomic E-state index is 13.3. The first-order valence-electron chi connectivity index (χ1n) is 11.5. The number of benzene rings is 1. The average molecular weight is 477 g/mol. The van der Waals surface area contributed by atoms with E-state index in [2.05, 4.69) is 38.3 Å². The molecular formula is C24H33BrN2O3. The molecule has 4 saturated carbocycles. The Morgan fingerprint density at radius 2 is 1.97 bits per heavy atom. The molecule has 0 aromatic heterocycles. The molecule has 2 atom stereocenters. The Bertz CT molecular complexity index is 765. The molecule has 1 heterocycles. The summed E-state index contributed by atoms with van der Waals surface area (Å²) in [6.45, 7) is 5.76. The molecule has 5 nitrogen and oxygen atoms in total. The summed E-state index contributed by atoms with van der Waals surface area (Å²) in [4.78, 5) is 15.6. The molecule has 30 heavy (non-hydrogen) atoms. The highest BCUT2D eigenvalue weighted by Gasteiger charge is 2.59. The van der Waals surface area contributed by atoms with E-state index in [1.54, 1.807) is 0 Å². The van der Waals surface area contributed by atoms with Gasteiger partial charge in [-0.05, 0) is 68.1 Å². The number of alkyl halides is 1. The third-order valence-electron chi connectivity index (χ3n) is 7.60. The Kier molecular flexibility index (Phi) is 5.84. The van der Waals surface area contributed by atoms with Gasteiger partial charge in [-0.25, -0.2) is 0 Å². The molecule has 1 aliphatic heterocycles. The Labute approximate surface area is 188 Å². The maximum atomic E-state index is 13.3. The van der Waals surface area contributed by atoms with Crippen LogP contribution in [0.2, 0.25) is 0 Å². The van der Waals surface area contributed by atoms with Crippen molar-refractivity contribution < 1.29 is 14.3 Å². The van der Waals surface area contributed by atoms with Crippen LogP contribution in [0.25, 0.3) is 0 Å². The molecule has 4 bridgehead atoms. The number of amides is 1. The molecule has 1 saturated heterocycles. The van der Waals surface area contributed by atoms with Gasteiger partial charge < -0.3 is 14.8 Å². The zero-order chi connectivity index (χ0) is 20.6. The number of halogens is 1. The van der Waals surface area contributed by atoms with E-state index in [-0.39, 0.29) is 15.6 Å². The third kappa shape index (κ3) is 4.42. The lowest BCUT2D eigenvalue weighted by Gasteiger charge is -2.59. The molecule has 0 spiro atoms. The first-order chi connectivity index (χ1) is 14.5. The van der Waals surface area contributed by atoms with E-state index < -0.39 is 0 Å². The summed E-state index contributed by atoms with van der Waals surface area (Å²) in [5, 5.41) is 3.27. The van der Waals surface area contributed by atoms with Crippen LogP contribution < -0.4 is 10.1 Å². The minimum Gasteiger partial charge on any atom is -0.492 e. The summed E-state index contributed by atoms with van der Waals surface area (Å²) in [5.74, 6) is 2.59. The van der Waals surface area contributed by atoms with Crippen LogP contribution in [0.1, 0.15) is 44.1 Å². The van der Waals surface area contributed by atoms with Crippen molar-refractivity contribution in [2.45, 2.75) is 49.4 Å². The molecule has 164 valence electrons. The molecule has 0 radical (unpaired) electrons. The van der Waals surface area contributed by atoms with E-state index in [1.807, 2.05) is 12.1 Å². The molecule has 2 unspecified atom stereocenters. The summed E-state index contributed by atoms with van der Waals surface area (Å²) >= 11 is 4.01.